The maximum absolute atomic E-state index is 12.3. The summed E-state index contributed by atoms with van der Waals surface area (Å²) in [7, 11) is 1.55. The van der Waals surface area contributed by atoms with Crippen LogP contribution in [0.3, 0.4) is 0 Å². The Morgan fingerprint density at radius 2 is 1.97 bits per heavy atom. The number of furan rings is 1. The van der Waals surface area contributed by atoms with Crippen molar-refractivity contribution in [2.45, 2.75) is 6.61 Å². The van der Waals surface area contributed by atoms with Gasteiger partial charge in [0, 0.05) is 21.0 Å². The summed E-state index contributed by atoms with van der Waals surface area (Å²) < 4.78 is 17.8. The number of carbonyl (C=O) groups excluding carboxylic acids is 1. The number of hydrogen-bond acceptors (Lipinski definition) is 5. The highest BCUT2D eigenvalue weighted by Gasteiger charge is 2.14. The number of hydrazone groups is 1. The van der Waals surface area contributed by atoms with E-state index in [1.54, 1.807) is 37.4 Å². The molecule has 33 heavy (non-hydrogen) atoms. The van der Waals surface area contributed by atoms with Crippen molar-refractivity contribution >= 4 is 68.9 Å². The Balaban J connectivity index is 1.45. The molecule has 168 valence electrons. The lowest BCUT2D eigenvalue weighted by Gasteiger charge is -2.14. The number of benzene rings is 3. The molecule has 1 amide bonds. The van der Waals surface area contributed by atoms with E-state index in [0.29, 0.717) is 27.1 Å². The summed E-state index contributed by atoms with van der Waals surface area (Å²) in [5.74, 6) is 0.846. The van der Waals surface area contributed by atoms with E-state index >= 15 is 0 Å². The van der Waals surface area contributed by atoms with Crippen molar-refractivity contribution in [3.63, 3.8) is 0 Å². The smallest absolute Gasteiger partial charge is 0.307 e. The van der Waals surface area contributed by atoms with Gasteiger partial charge in [-0.3, -0.25) is 4.79 Å². The van der Waals surface area contributed by atoms with Crippen molar-refractivity contribution in [3.8, 4) is 11.5 Å². The molecule has 3 aromatic carbocycles. The topological polar surface area (TPSA) is 73.1 Å². The highest BCUT2D eigenvalue weighted by Crippen LogP contribution is 2.35. The number of hydrogen-bond donors (Lipinski definition) is 1. The van der Waals surface area contributed by atoms with Crippen molar-refractivity contribution in [1.82, 2.24) is 5.43 Å². The van der Waals surface area contributed by atoms with Gasteiger partial charge in [0.25, 0.3) is 0 Å². The number of rotatable bonds is 7. The molecule has 0 fully saturated rings. The lowest BCUT2D eigenvalue weighted by Crippen LogP contribution is -2.16. The van der Waals surface area contributed by atoms with E-state index in [4.69, 9.17) is 37.1 Å². The van der Waals surface area contributed by atoms with Crippen molar-refractivity contribution in [2.75, 3.05) is 7.11 Å². The highest BCUT2D eigenvalue weighted by molar-refractivity contribution is 14.1. The first kappa shape index (κ1) is 23.4. The largest absolute Gasteiger partial charge is 0.493 e. The summed E-state index contributed by atoms with van der Waals surface area (Å²) in [6.07, 6.45) is 1.52. The van der Waals surface area contributed by atoms with E-state index in [0.717, 1.165) is 20.1 Å². The third-order valence-electron chi connectivity index (χ3n) is 4.67. The zero-order valence-electron chi connectivity index (χ0n) is 17.3. The first-order valence-corrected chi connectivity index (χ1v) is 11.5. The standard InChI is InChI=1S/C24H17Cl2IN2O4/c1-31-21-9-14(8-19(27)23(21)32-13-16-6-7-17(25)11-18(16)26)12-28-29-24(30)22-10-15-4-2-3-5-20(15)33-22/h2-12H,13H2,1H3,(H,29,30)/b28-12+. The predicted molar refractivity (Wildman–Crippen MR) is 138 cm³/mol. The fourth-order valence-corrected chi connectivity index (χ4v) is 4.30. The highest BCUT2D eigenvalue weighted by atomic mass is 127. The van der Waals surface area contributed by atoms with Gasteiger partial charge in [-0.05, 0) is 64.6 Å². The molecule has 1 aromatic heterocycles. The number of nitrogens with one attached hydrogen (secondary N) is 1. The number of amides is 1. The third kappa shape index (κ3) is 5.61. The Labute approximate surface area is 213 Å². The SMILES string of the molecule is COc1cc(/C=N/NC(=O)c2cc3ccccc3o2)cc(I)c1OCc1ccc(Cl)cc1Cl. The summed E-state index contributed by atoms with van der Waals surface area (Å²) in [5, 5.41) is 5.97. The average Bonchev–Trinajstić information content (AvgIpc) is 3.23. The minimum Gasteiger partial charge on any atom is -0.493 e. The van der Waals surface area contributed by atoms with E-state index in [-0.39, 0.29) is 12.4 Å². The van der Waals surface area contributed by atoms with Gasteiger partial charge in [0.05, 0.1) is 16.9 Å². The Kier molecular flexibility index (Phi) is 7.42. The molecule has 0 aliphatic carbocycles. The maximum atomic E-state index is 12.3. The molecule has 1 N–H and O–H groups in total. The fourth-order valence-electron chi connectivity index (χ4n) is 3.06. The number of fused-ring (bicyclic) bond motifs is 1. The number of carbonyl (C=O) groups is 1. The maximum Gasteiger partial charge on any atom is 0.307 e. The Hall–Kier alpha value is -2.75. The molecule has 4 rings (SSSR count). The molecular weight excluding hydrogens is 578 g/mol. The van der Waals surface area contributed by atoms with Crippen LogP contribution in [0.5, 0.6) is 11.5 Å². The minimum absolute atomic E-state index is 0.185. The van der Waals surface area contributed by atoms with Crippen LogP contribution in [-0.2, 0) is 6.61 Å². The average molecular weight is 595 g/mol. The number of para-hydroxylation sites is 1. The van der Waals surface area contributed by atoms with E-state index < -0.39 is 5.91 Å². The van der Waals surface area contributed by atoms with Crippen molar-refractivity contribution < 1.29 is 18.7 Å². The van der Waals surface area contributed by atoms with Gasteiger partial charge in [-0.1, -0.05) is 47.5 Å². The molecule has 0 atom stereocenters. The predicted octanol–water partition coefficient (Wildman–Crippen LogP) is 6.70. The molecule has 9 heteroatoms. The molecule has 0 saturated heterocycles. The van der Waals surface area contributed by atoms with Gasteiger partial charge < -0.3 is 13.9 Å². The lowest BCUT2D eigenvalue weighted by atomic mass is 10.2. The van der Waals surface area contributed by atoms with Crippen LogP contribution >= 0.6 is 45.8 Å². The van der Waals surface area contributed by atoms with Crippen LogP contribution in [0.4, 0.5) is 0 Å². The van der Waals surface area contributed by atoms with Gasteiger partial charge in [0.15, 0.2) is 17.3 Å². The van der Waals surface area contributed by atoms with Crippen LogP contribution in [0.1, 0.15) is 21.7 Å². The molecule has 1 heterocycles. The number of methoxy groups -OCH3 is 1. The van der Waals surface area contributed by atoms with E-state index in [1.165, 1.54) is 6.21 Å². The van der Waals surface area contributed by atoms with E-state index in [2.05, 4.69) is 33.1 Å². The quantitative estimate of drug-likeness (QED) is 0.147. The van der Waals surface area contributed by atoms with Crippen LogP contribution in [0.2, 0.25) is 10.0 Å². The molecule has 0 radical (unpaired) electrons. The van der Waals surface area contributed by atoms with Gasteiger partial charge in [-0.2, -0.15) is 5.10 Å². The monoisotopic (exact) mass is 594 g/mol. The molecule has 0 spiro atoms. The molecule has 0 aliphatic heterocycles. The van der Waals surface area contributed by atoms with Crippen LogP contribution in [-0.4, -0.2) is 19.2 Å². The molecule has 0 aliphatic rings. The molecule has 0 unspecified atom stereocenters. The van der Waals surface area contributed by atoms with Gasteiger partial charge in [0.1, 0.15) is 12.2 Å². The first-order valence-electron chi connectivity index (χ1n) is 9.71. The molecule has 6 nitrogen and oxygen atoms in total. The number of nitrogens with zero attached hydrogens (tertiary/aromatic N) is 1. The Bertz CT molecular complexity index is 1320. The lowest BCUT2D eigenvalue weighted by molar-refractivity contribution is 0.0929. The van der Waals surface area contributed by atoms with Crippen molar-refractivity contribution in [1.29, 1.82) is 0 Å². The summed E-state index contributed by atoms with van der Waals surface area (Å²) >= 11 is 14.3. The second kappa shape index (κ2) is 10.5. The van der Waals surface area contributed by atoms with Gasteiger partial charge >= 0.3 is 5.91 Å². The van der Waals surface area contributed by atoms with Gasteiger partial charge in [-0.15, -0.1) is 0 Å². The molecule has 0 saturated carbocycles. The number of halogens is 3. The second-order valence-corrected chi connectivity index (χ2v) is 8.91. The van der Waals surface area contributed by atoms with Crippen molar-refractivity contribution in [2.24, 2.45) is 5.10 Å². The summed E-state index contributed by atoms with van der Waals surface area (Å²) in [4.78, 5) is 12.3. The normalized spacial score (nSPS) is 11.2. The minimum atomic E-state index is -0.441. The van der Waals surface area contributed by atoms with Crippen LogP contribution in [0, 0.1) is 3.57 Å². The fraction of sp³-hybridized carbons (Fsp3) is 0.0833. The van der Waals surface area contributed by atoms with Crippen molar-refractivity contribution in [3.05, 3.63) is 91.2 Å². The molecule has 0 bridgehead atoms. The van der Waals surface area contributed by atoms with Gasteiger partial charge in [0.2, 0.25) is 0 Å². The Morgan fingerprint density at radius 3 is 2.73 bits per heavy atom. The van der Waals surface area contributed by atoms with Crippen LogP contribution < -0.4 is 14.9 Å². The number of ether oxygens (including phenoxy) is 2. The zero-order chi connectivity index (χ0) is 23.4. The molecular formula is C24H17Cl2IN2O4. The summed E-state index contributed by atoms with van der Waals surface area (Å²) in [5.41, 5.74) is 4.64. The third-order valence-corrected chi connectivity index (χ3v) is 6.06. The van der Waals surface area contributed by atoms with Crippen LogP contribution in [0.25, 0.3) is 11.0 Å². The zero-order valence-corrected chi connectivity index (χ0v) is 20.9. The summed E-state index contributed by atoms with van der Waals surface area (Å²) in [6.45, 7) is 0.253. The first-order chi connectivity index (χ1) is 15.9. The van der Waals surface area contributed by atoms with E-state index in [1.807, 2.05) is 30.3 Å². The van der Waals surface area contributed by atoms with Gasteiger partial charge in [-0.25, -0.2) is 5.43 Å². The molecule has 4 aromatic rings. The summed E-state index contributed by atoms with van der Waals surface area (Å²) in [6, 6.07) is 17.9. The van der Waals surface area contributed by atoms with Crippen LogP contribution in [0.15, 0.2) is 70.2 Å². The van der Waals surface area contributed by atoms with E-state index in [9.17, 15) is 4.79 Å². The Morgan fingerprint density at radius 1 is 1.15 bits per heavy atom. The second-order valence-electron chi connectivity index (χ2n) is 6.91.